The molecule has 0 unspecified atom stereocenters. The van der Waals surface area contributed by atoms with E-state index in [0.29, 0.717) is 12.0 Å². The summed E-state index contributed by atoms with van der Waals surface area (Å²) in [4.78, 5) is 17.8. The molecule has 0 saturated carbocycles. The highest BCUT2D eigenvalue weighted by Gasteiger charge is 2.19. The number of hydrogen-bond donors (Lipinski definition) is 0. The van der Waals surface area contributed by atoms with Crippen LogP contribution >= 0.6 is 11.8 Å². The van der Waals surface area contributed by atoms with E-state index in [1.807, 2.05) is 48.2 Å². The van der Waals surface area contributed by atoms with Crippen molar-refractivity contribution in [3.8, 4) is 6.07 Å². The normalized spacial score (nSPS) is 14.5. The third-order valence-electron chi connectivity index (χ3n) is 4.52. The molecule has 140 valence electrons. The zero-order chi connectivity index (χ0) is 19.1. The van der Waals surface area contributed by atoms with Crippen LogP contribution in [0.3, 0.4) is 0 Å². The summed E-state index contributed by atoms with van der Waals surface area (Å²) in [5, 5.41) is 17.2. The quantitative estimate of drug-likeness (QED) is 0.742. The lowest BCUT2D eigenvalue weighted by atomic mass is 10.2. The Labute approximate surface area is 164 Å². The van der Waals surface area contributed by atoms with Crippen molar-refractivity contribution >= 4 is 23.5 Å². The van der Waals surface area contributed by atoms with Crippen LogP contribution in [-0.2, 0) is 4.79 Å². The van der Waals surface area contributed by atoms with Crippen molar-refractivity contribution in [3.05, 3.63) is 47.7 Å². The Hall–Kier alpha value is -2.59. The van der Waals surface area contributed by atoms with Crippen LogP contribution in [-0.4, -0.2) is 52.9 Å². The number of amides is 1. The van der Waals surface area contributed by atoms with Crippen molar-refractivity contribution in [1.82, 2.24) is 15.1 Å². The van der Waals surface area contributed by atoms with Crippen molar-refractivity contribution in [2.45, 2.75) is 24.7 Å². The molecule has 3 rings (SSSR count). The van der Waals surface area contributed by atoms with E-state index in [0.717, 1.165) is 54.8 Å². The van der Waals surface area contributed by atoms with E-state index in [9.17, 15) is 4.79 Å². The number of thioether (sulfide) groups is 1. The molecule has 2 aromatic rings. The molecule has 0 aliphatic carbocycles. The summed E-state index contributed by atoms with van der Waals surface area (Å²) >= 11 is 1.65. The van der Waals surface area contributed by atoms with Gasteiger partial charge in [0, 0.05) is 43.2 Å². The summed E-state index contributed by atoms with van der Waals surface area (Å²) < 4.78 is 0. The molecular formula is C20H23N5OS. The first kappa shape index (κ1) is 19.2. The molecule has 2 heterocycles. The molecule has 0 spiro atoms. The van der Waals surface area contributed by atoms with Gasteiger partial charge in [0.25, 0.3) is 0 Å². The van der Waals surface area contributed by atoms with E-state index in [2.05, 4.69) is 21.2 Å². The summed E-state index contributed by atoms with van der Waals surface area (Å²) in [5.74, 6) is 1.83. The van der Waals surface area contributed by atoms with E-state index in [4.69, 9.17) is 5.26 Å². The minimum absolute atomic E-state index is 0.202. The molecule has 1 amide bonds. The lowest BCUT2D eigenvalue weighted by molar-refractivity contribution is -0.130. The summed E-state index contributed by atoms with van der Waals surface area (Å²) in [6.07, 6.45) is 1.46. The number of carbonyl (C=O) groups excluding carboxylic acids is 1. The first-order valence-electron chi connectivity index (χ1n) is 9.12. The maximum absolute atomic E-state index is 12.6. The van der Waals surface area contributed by atoms with Gasteiger partial charge in [0.1, 0.15) is 0 Å². The zero-order valence-corrected chi connectivity index (χ0v) is 16.3. The fraction of sp³-hybridized carbons (Fsp3) is 0.400. The number of aryl methyl sites for hydroxylation is 1. The Bertz CT molecular complexity index is 801. The van der Waals surface area contributed by atoms with E-state index in [1.165, 1.54) is 0 Å². The van der Waals surface area contributed by atoms with Crippen molar-refractivity contribution < 1.29 is 4.79 Å². The standard InChI is InChI=1S/C20H23N5OS/c1-16-3-8-19(23-22-16)24-10-2-11-25(13-12-24)20(26)9-14-27-18-6-4-17(15-21)5-7-18/h3-8H,2,9-14H2,1H3. The Morgan fingerprint density at radius 3 is 2.63 bits per heavy atom. The van der Waals surface area contributed by atoms with Gasteiger partial charge in [-0.15, -0.1) is 16.9 Å². The van der Waals surface area contributed by atoms with Gasteiger partial charge >= 0.3 is 0 Å². The number of carbonyl (C=O) groups is 1. The van der Waals surface area contributed by atoms with E-state index < -0.39 is 0 Å². The monoisotopic (exact) mass is 381 g/mol. The topological polar surface area (TPSA) is 73.1 Å². The third kappa shape index (κ3) is 5.44. The SMILES string of the molecule is Cc1ccc(N2CCCN(C(=O)CCSc3ccc(C#N)cc3)CC2)nn1. The second-order valence-corrected chi connectivity index (χ2v) is 7.66. The minimum atomic E-state index is 0.202. The second kappa shape index (κ2) is 9.38. The van der Waals surface area contributed by atoms with Crippen molar-refractivity contribution in [2.75, 3.05) is 36.8 Å². The van der Waals surface area contributed by atoms with Crippen molar-refractivity contribution in [3.63, 3.8) is 0 Å². The van der Waals surface area contributed by atoms with Crippen LogP contribution in [0.15, 0.2) is 41.3 Å². The maximum Gasteiger partial charge on any atom is 0.223 e. The van der Waals surface area contributed by atoms with E-state index >= 15 is 0 Å². The first-order chi connectivity index (χ1) is 13.2. The molecule has 1 saturated heterocycles. The molecule has 0 atom stereocenters. The number of nitriles is 1. The lowest BCUT2D eigenvalue weighted by Gasteiger charge is -2.22. The van der Waals surface area contributed by atoms with Gasteiger partial charge in [0.15, 0.2) is 5.82 Å². The van der Waals surface area contributed by atoms with Crippen molar-refractivity contribution in [2.24, 2.45) is 0 Å². The fourth-order valence-corrected chi connectivity index (χ4v) is 3.84. The second-order valence-electron chi connectivity index (χ2n) is 6.49. The van der Waals surface area contributed by atoms with Gasteiger partial charge in [0.05, 0.1) is 17.3 Å². The van der Waals surface area contributed by atoms with Gasteiger partial charge in [-0.1, -0.05) is 0 Å². The maximum atomic E-state index is 12.6. The molecule has 1 aromatic carbocycles. The Kier molecular flexibility index (Phi) is 6.66. The van der Waals surface area contributed by atoms with E-state index in [-0.39, 0.29) is 5.91 Å². The lowest BCUT2D eigenvalue weighted by Crippen LogP contribution is -2.35. The van der Waals surface area contributed by atoms with Gasteiger partial charge < -0.3 is 9.80 Å². The first-order valence-corrected chi connectivity index (χ1v) is 10.1. The smallest absolute Gasteiger partial charge is 0.223 e. The molecule has 1 aliphatic rings. The summed E-state index contributed by atoms with van der Waals surface area (Å²) in [7, 11) is 0. The van der Waals surface area contributed by atoms with Gasteiger partial charge in [-0.05, 0) is 49.7 Å². The van der Waals surface area contributed by atoms with Gasteiger partial charge in [-0.25, -0.2) is 0 Å². The van der Waals surface area contributed by atoms with Crippen LogP contribution < -0.4 is 4.90 Å². The third-order valence-corrected chi connectivity index (χ3v) is 5.54. The number of benzene rings is 1. The Morgan fingerprint density at radius 1 is 1.11 bits per heavy atom. The fourth-order valence-electron chi connectivity index (χ4n) is 3.00. The zero-order valence-electron chi connectivity index (χ0n) is 15.5. The molecular weight excluding hydrogens is 358 g/mol. The van der Waals surface area contributed by atoms with Crippen LogP contribution in [0.1, 0.15) is 24.1 Å². The molecule has 0 bridgehead atoms. The predicted molar refractivity (Wildman–Crippen MR) is 107 cm³/mol. The molecule has 27 heavy (non-hydrogen) atoms. The summed E-state index contributed by atoms with van der Waals surface area (Å²) in [6.45, 7) is 5.11. The van der Waals surface area contributed by atoms with Crippen LogP contribution in [0.2, 0.25) is 0 Å². The Balaban J connectivity index is 1.46. The van der Waals surface area contributed by atoms with Crippen LogP contribution in [0.25, 0.3) is 0 Å². The number of anilines is 1. The molecule has 0 radical (unpaired) electrons. The summed E-state index contributed by atoms with van der Waals surface area (Å²) in [5.41, 5.74) is 1.56. The van der Waals surface area contributed by atoms with Crippen LogP contribution in [0.4, 0.5) is 5.82 Å². The minimum Gasteiger partial charge on any atom is -0.353 e. The molecule has 1 aromatic heterocycles. The highest BCUT2D eigenvalue weighted by Crippen LogP contribution is 2.20. The number of hydrogen-bond acceptors (Lipinski definition) is 6. The predicted octanol–water partition coefficient (Wildman–Crippen LogP) is 2.88. The highest BCUT2D eigenvalue weighted by atomic mass is 32.2. The number of aromatic nitrogens is 2. The molecule has 7 heteroatoms. The van der Waals surface area contributed by atoms with Crippen molar-refractivity contribution in [1.29, 1.82) is 5.26 Å². The average Bonchev–Trinajstić information content (AvgIpc) is 2.95. The van der Waals surface area contributed by atoms with Gasteiger partial charge in [0.2, 0.25) is 5.91 Å². The molecule has 1 fully saturated rings. The molecule has 6 nitrogen and oxygen atoms in total. The van der Waals surface area contributed by atoms with E-state index in [1.54, 1.807) is 11.8 Å². The largest absolute Gasteiger partial charge is 0.353 e. The summed E-state index contributed by atoms with van der Waals surface area (Å²) in [6, 6.07) is 13.6. The highest BCUT2D eigenvalue weighted by molar-refractivity contribution is 7.99. The van der Waals surface area contributed by atoms with Gasteiger partial charge in [-0.3, -0.25) is 4.79 Å². The number of nitrogens with zero attached hydrogens (tertiary/aromatic N) is 5. The average molecular weight is 382 g/mol. The molecule has 0 N–H and O–H groups in total. The van der Waals surface area contributed by atoms with Gasteiger partial charge in [-0.2, -0.15) is 10.4 Å². The molecule has 1 aliphatic heterocycles. The van der Waals surface area contributed by atoms with Crippen LogP contribution in [0.5, 0.6) is 0 Å². The Morgan fingerprint density at radius 2 is 1.93 bits per heavy atom. The van der Waals surface area contributed by atoms with Crippen LogP contribution in [0, 0.1) is 18.3 Å². The number of rotatable bonds is 5.